The maximum Gasteiger partial charge on any atom is 0.256 e. The molecule has 1 N–H and O–H groups in total. The summed E-state index contributed by atoms with van der Waals surface area (Å²) in [4.78, 5) is 13.6. The van der Waals surface area contributed by atoms with Gasteiger partial charge in [0.25, 0.3) is 5.91 Å². The van der Waals surface area contributed by atoms with Gasteiger partial charge in [0.05, 0.1) is 5.56 Å². The van der Waals surface area contributed by atoms with E-state index in [-0.39, 0.29) is 23.3 Å². The second-order valence-corrected chi connectivity index (χ2v) is 5.41. The first-order valence-corrected chi connectivity index (χ1v) is 6.96. The fourth-order valence-electron chi connectivity index (χ4n) is 1.47. The maximum absolute atomic E-state index is 13.6. The monoisotopic (exact) mass is 271 g/mol. The number of phenolic OH excluding ortho intramolecular Hbond substituents is 1. The van der Waals surface area contributed by atoms with Crippen LogP contribution in [0, 0.1) is 5.82 Å². The number of benzene rings is 1. The first kappa shape index (κ1) is 14.8. The van der Waals surface area contributed by atoms with Crippen molar-refractivity contribution in [1.82, 2.24) is 4.90 Å². The van der Waals surface area contributed by atoms with Gasteiger partial charge >= 0.3 is 0 Å². The number of hydrogen-bond acceptors (Lipinski definition) is 3. The molecule has 1 aromatic rings. The molecule has 0 aliphatic heterocycles. The van der Waals surface area contributed by atoms with Gasteiger partial charge in [0.1, 0.15) is 11.6 Å². The SMILES string of the molecule is CCSC[C@H](C)N(C)C(=O)c1ccc(O)cc1F. The highest BCUT2D eigenvalue weighted by Crippen LogP contribution is 2.18. The van der Waals surface area contributed by atoms with Crippen molar-refractivity contribution in [3.8, 4) is 5.75 Å². The molecule has 5 heteroatoms. The van der Waals surface area contributed by atoms with Gasteiger partial charge in [-0.25, -0.2) is 4.39 Å². The number of halogens is 1. The maximum atomic E-state index is 13.6. The van der Waals surface area contributed by atoms with E-state index in [0.717, 1.165) is 17.6 Å². The summed E-state index contributed by atoms with van der Waals surface area (Å²) >= 11 is 1.74. The quantitative estimate of drug-likeness (QED) is 0.895. The molecule has 18 heavy (non-hydrogen) atoms. The van der Waals surface area contributed by atoms with Crippen molar-refractivity contribution in [2.24, 2.45) is 0 Å². The van der Waals surface area contributed by atoms with Crippen LogP contribution in [0.25, 0.3) is 0 Å². The average Bonchev–Trinajstić information content (AvgIpc) is 2.34. The molecule has 0 saturated heterocycles. The first-order chi connectivity index (χ1) is 8.47. The third kappa shape index (κ3) is 3.63. The highest BCUT2D eigenvalue weighted by molar-refractivity contribution is 7.99. The van der Waals surface area contributed by atoms with Gasteiger partial charge in [-0.3, -0.25) is 4.79 Å². The number of nitrogens with zero attached hydrogens (tertiary/aromatic N) is 1. The smallest absolute Gasteiger partial charge is 0.256 e. The van der Waals surface area contributed by atoms with Crippen LogP contribution in [0.4, 0.5) is 4.39 Å². The van der Waals surface area contributed by atoms with E-state index in [1.807, 2.05) is 6.92 Å². The minimum absolute atomic E-state index is 0.0105. The third-order valence-corrected chi connectivity index (χ3v) is 3.85. The van der Waals surface area contributed by atoms with E-state index in [2.05, 4.69) is 6.92 Å². The second-order valence-electron chi connectivity index (χ2n) is 4.09. The zero-order valence-electron chi connectivity index (χ0n) is 10.8. The molecule has 100 valence electrons. The molecule has 1 aromatic carbocycles. The number of carbonyl (C=O) groups excluding carboxylic acids is 1. The Hall–Kier alpha value is -1.23. The van der Waals surface area contributed by atoms with Crippen molar-refractivity contribution >= 4 is 17.7 Å². The summed E-state index contributed by atoms with van der Waals surface area (Å²) in [6.45, 7) is 3.98. The summed E-state index contributed by atoms with van der Waals surface area (Å²) in [7, 11) is 1.66. The largest absolute Gasteiger partial charge is 0.508 e. The van der Waals surface area contributed by atoms with E-state index >= 15 is 0 Å². The standard InChI is InChI=1S/C13H18FNO2S/c1-4-18-8-9(2)15(3)13(17)11-6-5-10(16)7-12(11)14/h5-7,9,16H,4,8H2,1-3H3/t9-/m0/s1. The molecule has 1 atom stereocenters. The predicted molar refractivity (Wildman–Crippen MR) is 72.6 cm³/mol. The normalized spacial score (nSPS) is 12.2. The Bertz CT molecular complexity index is 425. The van der Waals surface area contributed by atoms with E-state index in [1.54, 1.807) is 18.8 Å². The zero-order chi connectivity index (χ0) is 13.7. The van der Waals surface area contributed by atoms with E-state index in [1.165, 1.54) is 17.0 Å². The highest BCUT2D eigenvalue weighted by Gasteiger charge is 2.20. The summed E-state index contributed by atoms with van der Waals surface area (Å²) in [5.74, 6) is 0.568. The molecule has 0 aromatic heterocycles. The summed E-state index contributed by atoms with van der Waals surface area (Å²) in [6, 6.07) is 3.61. The number of amides is 1. The van der Waals surface area contributed by atoms with Crippen LogP contribution in [0.15, 0.2) is 18.2 Å². The molecule has 0 heterocycles. The van der Waals surface area contributed by atoms with E-state index in [9.17, 15) is 9.18 Å². The van der Waals surface area contributed by atoms with Gasteiger partial charge in [-0.2, -0.15) is 11.8 Å². The van der Waals surface area contributed by atoms with Gasteiger partial charge in [0.2, 0.25) is 0 Å². The molecule has 0 unspecified atom stereocenters. The molecule has 0 aliphatic carbocycles. The molecular weight excluding hydrogens is 253 g/mol. The van der Waals surface area contributed by atoms with Gasteiger partial charge in [-0.15, -0.1) is 0 Å². The van der Waals surface area contributed by atoms with Crippen molar-refractivity contribution in [1.29, 1.82) is 0 Å². The fourth-order valence-corrected chi connectivity index (χ4v) is 2.27. The molecule has 0 bridgehead atoms. The van der Waals surface area contributed by atoms with Crippen LogP contribution in [0.2, 0.25) is 0 Å². The molecular formula is C13H18FNO2S. The van der Waals surface area contributed by atoms with Crippen molar-refractivity contribution in [3.05, 3.63) is 29.6 Å². The minimum atomic E-state index is -0.692. The Morgan fingerprint density at radius 1 is 1.56 bits per heavy atom. The van der Waals surface area contributed by atoms with Crippen LogP contribution >= 0.6 is 11.8 Å². The Morgan fingerprint density at radius 3 is 2.78 bits per heavy atom. The molecule has 1 amide bonds. The number of hydrogen-bond donors (Lipinski definition) is 1. The number of aromatic hydroxyl groups is 1. The van der Waals surface area contributed by atoms with E-state index in [4.69, 9.17) is 5.11 Å². The number of phenols is 1. The molecule has 0 radical (unpaired) electrons. The van der Waals surface area contributed by atoms with Gasteiger partial charge in [0, 0.05) is 24.9 Å². The lowest BCUT2D eigenvalue weighted by Crippen LogP contribution is -2.37. The van der Waals surface area contributed by atoms with Crippen LogP contribution in [0.3, 0.4) is 0 Å². The van der Waals surface area contributed by atoms with Crippen molar-refractivity contribution in [3.63, 3.8) is 0 Å². The summed E-state index contributed by atoms with van der Waals surface area (Å²) < 4.78 is 13.6. The highest BCUT2D eigenvalue weighted by atomic mass is 32.2. The molecule has 0 aliphatic rings. The Kier molecular flexibility index (Phi) is 5.47. The van der Waals surface area contributed by atoms with Crippen LogP contribution in [-0.2, 0) is 0 Å². The van der Waals surface area contributed by atoms with E-state index < -0.39 is 5.82 Å². The fraction of sp³-hybridized carbons (Fsp3) is 0.462. The molecule has 1 rings (SSSR count). The van der Waals surface area contributed by atoms with Crippen LogP contribution < -0.4 is 0 Å². The lowest BCUT2D eigenvalue weighted by molar-refractivity contribution is 0.0753. The lowest BCUT2D eigenvalue weighted by atomic mass is 10.1. The second kappa shape index (κ2) is 6.64. The van der Waals surface area contributed by atoms with Gasteiger partial charge in [0.15, 0.2) is 0 Å². The van der Waals surface area contributed by atoms with Crippen molar-refractivity contribution < 1.29 is 14.3 Å². The van der Waals surface area contributed by atoms with Crippen molar-refractivity contribution in [2.75, 3.05) is 18.6 Å². The van der Waals surface area contributed by atoms with Crippen LogP contribution in [0.1, 0.15) is 24.2 Å². The average molecular weight is 271 g/mol. The predicted octanol–water partition coefficient (Wildman–Crippen LogP) is 2.74. The summed E-state index contributed by atoms with van der Waals surface area (Å²) in [5, 5.41) is 9.11. The summed E-state index contributed by atoms with van der Waals surface area (Å²) in [6.07, 6.45) is 0. The Labute approximate surface area is 111 Å². The van der Waals surface area contributed by atoms with E-state index in [0.29, 0.717) is 0 Å². The number of carbonyl (C=O) groups is 1. The van der Waals surface area contributed by atoms with Crippen LogP contribution in [-0.4, -0.2) is 40.5 Å². The molecule has 0 fully saturated rings. The summed E-state index contributed by atoms with van der Waals surface area (Å²) in [5.41, 5.74) is -0.0105. The Balaban J connectivity index is 2.79. The number of rotatable bonds is 5. The number of thioether (sulfide) groups is 1. The lowest BCUT2D eigenvalue weighted by Gasteiger charge is -2.24. The van der Waals surface area contributed by atoms with Crippen molar-refractivity contribution in [2.45, 2.75) is 19.9 Å². The van der Waals surface area contributed by atoms with Gasteiger partial charge < -0.3 is 10.0 Å². The Morgan fingerprint density at radius 2 is 2.22 bits per heavy atom. The third-order valence-electron chi connectivity index (χ3n) is 2.73. The molecule has 3 nitrogen and oxygen atoms in total. The molecule has 0 saturated carbocycles. The van der Waals surface area contributed by atoms with Crippen LogP contribution in [0.5, 0.6) is 5.75 Å². The molecule has 0 spiro atoms. The first-order valence-electron chi connectivity index (χ1n) is 5.80. The minimum Gasteiger partial charge on any atom is -0.508 e. The topological polar surface area (TPSA) is 40.5 Å². The van der Waals surface area contributed by atoms with Gasteiger partial charge in [-0.1, -0.05) is 6.92 Å². The zero-order valence-corrected chi connectivity index (χ0v) is 11.6. The van der Waals surface area contributed by atoms with Gasteiger partial charge in [-0.05, 0) is 24.8 Å².